The van der Waals surface area contributed by atoms with Crippen molar-refractivity contribution in [1.29, 1.82) is 0 Å². The summed E-state index contributed by atoms with van der Waals surface area (Å²) >= 11 is 0. The molecule has 0 saturated carbocycles. The molecular formula is C22H32N7O5P. The molecule has 12 nitrogen and oxygen atoms in total. The second-order valence-electron chi connectivity index (χ2n) is 8.81. The van der Waals surface area contributed by atoms with Gasteiger partial charge in [-0.3, -0.25) is 9.36 Å². The number of ether oxygens (including phenoxy) is 2. The molecule has 0 fully saturated rings. The van der Waals surface area contributed by atoms with Crippen molar-refractivity contribution in [3.8, 4) is 5.75 Å². The number of fused-ring (bicyclic) bond motifs is 1. The average Bonchev–Trinajstić information content (AvgIpc) is 3.21. The van der Waals surface area contributed by atoms with E-state index in [0.717, 1.165) is 5.56 Å². The zero-order valence-corrected chi connectivity index (χ0v) is 21.3. The summed E-state index contributed by atoms with van der Waals surface area (Å²) in [6.45, 7) is 6.89. The van der Waals surface area contributed by atoms with Gasteiger partial charge in [0.1, 0.15) is 29.5 Å². The van der Waals surface area contributed by atoms with E-state index in [1.54, 1.807) is 24.1 Å². The number of anilines is 1. The Morgan fingerprint density at radius 2 is 1.97 bits per heavy atom. The Balaban J connectivity index is 1.77. The maximum atomic E-state index is 14.0. The summed E-state index contributed by atoms with van der Waals surface area (Å²) in [5, 5.41) is 15.5. The number of aromatic nitrogens is 4. The van der Waals surface area contributed by atoms with Crippen LogP contribution in [0, 0.1) is 0 Å². The SMILES string of the molecule is COc1ccccc1[C@H](C)NP(=O)(CO[C@@H](C)Cn1cnc2c(N)ncnc21)NC(C)(C)C(=O)O. The summed E-state index contributed by atoms with van der Waals surface area (Å²) < 4.78 is 27.1. The molecule has 2 aromatic heterocycles. The van der Waals surface area contributed by atoms with E-state index in [2.05, 4.69) is 25.1 Å². The topological polar surface area (TPSA) is 167 Å². The number of rotatable bonds is 12. The lowest BCUT2D eigenvalue weighted by Crippen LogP contribution is -2.47. The highest BCUT2D eigenvalue weighted by atomic mass is 31.2. The molecule has 0 aliphatic carbocycles. The maximum Gasteiger partial charge on any atom is 0.323 e. The van der Waals surface area contributed by atoms with Gasteiger partial charge in [-0.1, -0.05) is 18.2 Å². The predicted octanol–water partition coefficient (Wildman–Crippen LogP) is 2.78. The van der Waals surface area contributed by atoms with E-state index in [1.807, 2.05) is 32.0 Å². The second-order valence-corrected chi connectivity index (χ2v) is 11.0. The van der Waals surface area contributed by atoms with Crippen molar-refractivity contribution < 1.29 is 23.9 Å². The number of nitrogens with two attached hydrogens (primary N) is 1. The minimum atomic E-state index is -3.58. The number of methoxy groups -OCH3 is 1. The van der Waals surface area contributed by atoms with Gasteiger partial charge in [-0.25, -0.2) is 25.1 Å². The predicted molar refractivity (Wildman–Crippen MR) is 132 cm³/mol. The largest absolute Gasteiger partial charge is 0.496 e. The van der Waals surface area contributed by atoms with Gasteiger partial charge in [-0.05, 0) is 33.8 Å². The van der Waals surface area contributed by atoms with Crippen molar-refractivity contribution in [2.24, 2.45) is 0 Å². The lowest BCUT2D eigenvalue weighted by Gasteiger charge is -2.32. The van der Waals surface area contributed by atoms with Crippen LogP contribution in [0.2, 0.25) is 0 Å². The van der Waals surface area contributed by atoms with Gasteiger partial charge in [0.15, 0.2) is 11.5 Å². The molecule has 0 saturated heterocycles. The molecular weight excluding hydrogens is 473 g/mol. The number of carboxylic acid groups (broad SMARTS) is 1. The Bertz CT molecular complexity index is 1230. The van der Waals surface area contributed by atoms with E-state index in [9.17, 15) is 14.5 Å². The third-order valence-electron chi connectivity index (χ3n) is 5.43. The normalized spacial score (nSPS) is 15.5. The van der Waals surface area contributed by atoms with Crippen LogP contribution < -0.4 is 20.6 Å². The van der Waals surface area contributed by atoms with Crippen molar-refractivity contribution in [2.45, 2.75) is 51.9 Å². The summed E-state index contributed by atoms with van der Waals surface area (Å²) in [5.74, 6) is -0.236. The van der Waals surface area contributed by atoms with Gasteiger partial charge in [0.2, 0.25) is 7.44 Å². The number of nitrogens with one attached hydrogen (secondary N) is 2. The number of carbonyl (C=O) groups is 1. The molecule has 0 spiro atoms. The van der Waals surface area contributed by atoms with Crippen LogP contribution in [0.1, 0.15) is 39.3 Å². The molecule has 5 N–H and O–H groups in total. The van der Waals surface area contributed by atoms with E-state index in [-0.39, 0.29) is 12.2 Å². The Labute approximate surface area is 203 Å². The highest BCUT2D eigenvalue weighted by molar-refractivity contribution is 7.59. The van der Waals surface area contributed by atoms with E-state index in [0.29, 0.717) is 23.5 Å². The highest BCUT2D eigenvalue weighted by Gasteiger charge is 2.37. The molecule has 3 aromatic rings. The van der Waals surface area contributed by atoms with E-state index in [4.69, 9.17) is 15.2 Å². The number of imidazole rings is 1. The van der Waals surface area contributed by atoms with Crippen molar-refractivity contribution in [3.63, 3.8) is 0 Å². The highest BCUT2D eigenvalue weighted by Crippen LogP contribution is 2.43. The fourth-order valence-corrected chi connectivity index (χ4v) is 6.03. The maximum absolute atomic E-state index is 14.0. The standard InChI is InChI=1S/C22H32N7O5P/c1-14(10-29-12-26-18-19(23)24-11-25-20(18)29)34-13-35(32,28-22(3,4)21(30)31)27-15(2)16-8-6-7-9-17(16)33-5/h6-9,11-12,14-15H,10,13H2,1-5H3,(H,30,31)(H2,23,24,25)(H2,27,28,32)/t14-,15-,35?/m0/s1. The fraction of sp³-hybridized carbons (Fsp3) is 0.455. The molecule has 3 rings (SSSR count). The summed E-state index contributed by atoms with van der Waals surface area (Å²) in [7, 11) is -2.02. The summed E-state index contributed by atoms with van der Waals surface area (Å²) in [5.41, 5.74) is 6.20. The first-order valence-corrected chi connectivity index (χ1v) is 12.9. The first-order valence-electron chi connectivity index (χ1n) is 11.0. The van der Waals surface area contributed by atoms with Crippen molar-refractivity contribution in [1.82, 2.24) is 29.7 Å². The Kier molecular flexibility index (Phi) is 8.11. The van der Waals surface area contributed by atoms with Crippen LogP contribution in [0.25, 0.3) is 11.2 Å². The van der Waals surface area contributed by atoms with Crippen LogP contribution in [-0.2, 0) is 20.6 Å². The molecule has 0 radical (unpaired) electrons. The van der Waals surface area contributed by atoms with Gasteiger partial charge < -0.3 is 24.9 Å². The zero-order chi connectivity index (χ0) is 25.8. The molecule has 2 heterocycles. The number of hydrogen-bond donors (Lipinski definition) is 4. The lowest BCUT2D eigenvalue weighted by atomic mass is 10.1. The summed E-state index contributed by atoms with van der Waals surface area (Å²) in [4.78, 5) is 24.1. The van der Waals surface area contributed by atoms with Crippen LogP contribution in [0.4, 0.5) is 5.82 Å². The minimum absolute atomic E-state index is 0.256. The number of benzene rings is 1. The van der Waals surface area contributed by atoms with Crippen LogP contribution in [0.15, 0.2) is 36.9 Å². The molecule has 35 heavy (non-hydrogen) atoms. The van der Waals surface area contributed by atoms with E-state index >= 15 is 0 Å². The molecule has 0 amide bonds. The number of carboxylic acids is 1. The van der Waals surface area contributed by atoms with Gasteiger partial charge in [0.25, 0.3) is 0 Å². The number of nitrogens with zero attached hydrogens (tertiary/aromatic N) is 4. The van der Waals surface area contributed by atoms with Crippen LogP contribution in [0.3, 0.4) is 0 Å². The smallest absolute Gasteiger partial charge is 0.323 e. The Morgan fingerprint density at radius 3 is 2.66 bits per heavy atom. The van der Waals surface area contributed by atoms with Crippen LogP contribution >= 0.6 is 7.44 Å². The van der Waals surface area contributed by atoms with Gasteiger partial charge in [0.05, 0.1) is 26.1 Å². The quantitative estimate of drug-likeness (QED) is 0.267. The van der Waals surface area contributed by atoms with Crippen molar-refractivity contribution in [3.05, 3.63) is 42.5 Å². The van der Waals surface area contributed by atoms with Crippen molar-refractivity contribution >= 4 is 30.4 Å². The summed E-state index contributed by atoms with van der Waals surface area (Å²) in [6.07, 6.45) is 2.28. The van der Waals surface area contributed by atoms with Gasteiger partial charge >= 0.3 is 5.97 Å². The van der Waals surface area contributed by atoms with Crippen LogP contribution in [-0.4, -0.2) is 55.7 Å². The molecule has 0 aliphatic heterocycles. The molecule has 3 atom stereocenters. The molecule has 1 aromatic carbocycles. The monoisotopic (exact) mass is 505 g/mol. The Morgan fingerprint density at radius 1 is 1.26 bits per heavy atom. The fourth-order valence-electron chi connectivity index (χ4n) is 3.60. The number of hydrogen-bond acceptors (Lipinski definition) is 8. The molecule has 1 unspecified atom stereocenters. The molecule has 0 bridgehead atoms. The van der Waals surface area contributed by atoms with Gasteiger partial charge in [-0.15, -0.1) is 0 Å². The van der Waals surface area contributed by atoms with Gasteiger partial charge in [-0.2, -0.15) is 0 Å². The minimum Gasteiger partial charge on any atom is -0.496 e. The third kappa shape index (κ3) is 6.34. The average molecular weight is 506 g/mol. The van der Waals surface area contributed by atoms with Crippen molar-refractivity contribution in [2.75, 3.05) is 19.2 Å². The number of para-hydroxylation sites is 1. The summed E-state index contributed by atoms with van der Waals surface area (Å²) in [6, 6.07) is 6.91. The number of nitrogen functional groups attached to an aromatic ring is 1. The Hall–Kier alpha value is -3.05. The van der Waals surface area contributed by atoms with Gasteiger partial charge in [0, 0.05) is 11.6 Å². The lowest BCUT2D eigenvalue weighted by molar-refractivity contribution is -0.142. The van der Waals surface area contributed by atoms with Crippen LogP contribution in [0.5, 0.6) is 5.75 Å². The molecule has 13 heteroatoms. The molecule has 190 valence electrons. The first-order chi connectivity index (χ1) is 16.5. The van der Waals surface area contributed by atoms with E-state index in [1.165, 1.54) is 20.2 Å². The van der Waals surface area contributed by atoms with E-state index < -0.39 is 31.1 Å². The zero-order valence-electron chi connectivity index (χ0n) is 20.4. The second kappa shape index (κ2) is 10.7. The molecule has 0 aliphatic rings. The number of aliphatic carboxylic acids is 1. The first kappa shape index (κ1) is 26.6. The third-order valence-corrected chi connectivity index (χ3v) is 7.66.